The van der Waals surface area contributed by atoms with Gasteiger partial charge in [0, 0.05) is 13.2 Å². The van der Waals surface area contributed by atoms with Crippen LogP contribution in [-0.4, -0.2) is 28.4 Å². The molecule has 1 unspecified atom stereocenters. The fourth-order valence-electron chi connectivity index (χ4n) is 1.64. The molecule has 0 fully saturated rings. The number of carbonyl (C=O) groups is 1. The zero-order chi connectivity index (χ0) is 13.4. The summed E-state index contributed by atoms with van der Waals surface area (Å²) in [4.78, 5) is 11.0. The minimum absolute atomic E-state index is 0.117. The number of carbonyl (C=O) groups excluding carboxylic acids is 1. The number of esters is 1. The van der Waals surface area contributed by atoms with Gasteiger partial charge in [0.15, 0.2) is 6.79 Å². The van der Waals surface area contributed by atoms with Crippen molar-refractivity contribution in [1.82, 2.24) is 0 Å². The summed E-state index contributed by atoms with van der Waals surface area (Å²) < 4.78 is 16.1. The largest absolute Gasteiger partial charge is 0.436 e. The Labute approximate surface area is 108 Å². The van der Waals surface area contributed by atoms with E-state index in [0.29, 0.717) is 0 Å². The summed E-state index contributed by atoms with van der Waals surface area (Å²) in [5.41, 5.74) is 0. The van der Waals surface area contributed by atoms with Gasteiger partial charge in [-0.2, -0.15) is 0 Å². The molecule has 0 saturated heterocycles. The van der Waals surface area contributed by atoms with Crippen LogP contribution in [0.5, 0.6) is 0 Å². The number of hydrogen-bond donors (Lipinski definition) is 0. The minimum atomic E-state index is -2.51. The van der Waals surface area contributed by atoms with Crippen molar-refractivity contribution in [3.05, 3.63) is 43.0 Å². The molecule has 1 aromatic rings. The van der Waals surface area contributed by atoms with Gasteiger partial charge in [-0.05, 0) is 11.2 Å². The van der Waals surface area contributed by atoms with E-state index in [1.807, 2.05) is 37.3 Å². The lowest BCUT2D eigenvalue weighted by Crippen LogP contribution is -2.53. The summed E-state index contributed by atoms with van der Waals surface area (Å²) in [7, 11) is -0.888. The summed E-state index contributed by atoms with van der Waals surface area (Å²) in [5, 5.41) is 1.02. The third-order valence-corrected chi connectivity index (χ3v) is 6.06. The van der Waals surface area contributed by atoms with Crippen LogP contribution < -0.4 is 5.19 Å². The second-order valence-electron chi connectivity index (χ2n) is 3.61. The Kier molecular flexibility index (Phi) is 5.77. The molecular formula is C13H18O4Si. The Balaban J connectivity index is 2.75. The second-order valence-corrected chi connectivity index (χ2v) is 7.09. The molecule has 0 aliphatic carbocycles. The highest BCUT2D eigenvalue weighted by molar-refractivity contribution is 6.81. The predicted octanol–water partition coefficient (Wildman–Crippen LogP) is 1.71. The monoisotopic (exact) mass is 266 g/mol. The van der Waals surface area contributed by atoms with Gasteiger partial charge in [-0.1, -0.05) is 43.8 Å². The van der Waals surface area contributed by atoms with E-state index < -0.39 is 14.5 Å². The normalized spacial score (nSPS) is 13.7. The van der Waals surface area contributed by atoms with Crippen LogP contribution in [0.4, 0.5) is 0 Å². The molecule has 4 nitrogen and oxygen atoms in total. The van der Waals surface area contributed by atoms with Gasteiger partial charge in [-0.25, -0.2) is 4.79 Å². The number of benzene rings is 1. The first-order valence-electron chi connectivity index (χ1n) is 5.72. The van der Waals surface area contributed by atoms with Gasteiger partial charge in [0.25, 0.3) is 0 Å². The highest BCUT2D eigenvalue weighted by Crippen LogP contribution is 2.12. The van der Waals surface area contributed by atoms with Crippen molar-refractivity contribution in [2.45, 2.75) is 13.0 Å². The van der Waals surface area contributed by atoms with Gasteiger partial charge < -0.3 is 13.6 Å². The lowest BCUT2D eigenvalue weighted by molar-refractivity contribution is -0.145. The summed E-state index contributed by atoms with van der Waals surface area (Å²) in [5.74, 6) is -0.502. The Morgan fingerprint density at radius 3 is 2.56 bits per heavy atom. The first-order chi connectivity index (χ1) is 8.68. The van der Waals surface area contributed by atoms with Crippen LogP contribution in [0.15, 0.2) is 43.0 Å². The van der Waals surface area contributed by atoms with Crippen LogP contribution in [0, 0.1) is 0 Å². The Bertz CT molecular complexity index is 387. The van der Waals surface area contributed by atoms with Crippen LogP contribution >= 0.6 is 0 Å². The molecule has 1 aromatic carbocycles. The lowest BCUT2D eigenvalue weighted by Gasteiger charge is -2.27. The Hall–Kier alpha value is -1.43. The van der Waals surface area contributed by atoms with Gasteiger partial charge in [0.05, 0.1) is 0 Å². The van der Waals surface area contributed by atoms with Crippen LogP contribution in [0.3, 0.4) is 0 Å². The van der Waals surface area contributed by atoms with Gasteiger partial charge in [-0.15, -0.1) is 0 Å². The van der Waals surface area contributed by atoms with E-state index in [1.54, 1.807) is 7.11 Å². The molecule has 0 spiro atoms. The standard InChI is InChI=1S/C13H18O4Si/c1-4-13(14)16-11-17-18(5-2,15-3)12-9-7-6-8-10-12/h4,6-10H,1,5,11H2,2-3H3. The highest BCUT2D eigenvalue weighted by atomic mass is 28.4. The van der Waals surface area contributed by atoms with Crippen molar-refractivity contribution in [3.8, 4) is 0 Å². The van der Waals surface area contributed by atoms with Crippen LogP contribution in [0.25, 0.3) is 0 Å². The average Bonchev–Trinajstić information content (AvgIpc) is 2.44. The van der Waals surface area contributed by atoms with Crippen LogP contribution in [0.2, 0.25) is 6.04 Å². The van der Waals surface area contributed by atoms with Crippen molar-refractivity contribution < 1.29 is 18.4 Å². The van der Waals surface area contributed by atoms with E-state index in [-0.39, 0.29) is 6.79 Å². The molecule has 0 N–H and O–H groups in total. The van der Waals surface area contributed by atoms with E-state index in [2.05, 4.69) is 6.58 Å². The molecule has 0 amide bonds. The van der Waals surface area contributed by atoms with E-state index >= 15 is 0 Å². The predicted molar refractivity (Wildman–Crippen MR) is 71.6 cm³/mol. The summed E-state index contributed by atoms with van der Waals surface area (Å²) >= 11 is 0. The lowest BCUT2D eigenvalue weighted by atomic mass is 10.4. The first-order valence-corrected chi connectivity index (χ1v) is 7.74. The van der Waals surface area contributed by atoms with Crippen LogP contribution in [0.1, 0.15) is 6.92 Å². The Morgan fingerprint density at radius 1 is 1.39 bits per heavy atom. The van der Waals surface area contributed by atoms with Crippen LogP contribution in [-0.2, 0) is 18.4 Å². The fourth-order valence-corrected chi connectivity index (χ4v) is 4.02. The van der Waals surface area contributed by atoms with Crippen molar-refractivity contribution in [1.29, 1.82) is 0 Å². The molecule has 0 saturated carbocycles. The molecule has 0 aliphatic heterocycles. The molecule has 0 aromatic heterocycles. The quantitative estimate of drug-likeness (QED) is 0.326. The maximum atomic E-state index is 11.0. The van der Waals surface area contributed by atoms with Gasteiger partial charge in [0.2, 0.25) is 0 Å². The van der Waals surface area contributed by atoms with E-state index in [0.717, 1.165) is 17.3 Å². The third-order valence-electron chi connectivity index (χ3n) is 2.67. The Morgan fingerprint density at radius 2 is 2.06 bits per heavy atom. The molecule has 0 bridgehead atoms. The third kappa shape index (κ3) is 3.53. The molecule has 1 atom stereocenters. The van der Waals surface area contributed by atoms with Gasteiger partial charge >= 0.3 is 14.5 Å². The summed E-state index contributed by atoms with van der Waals surface area (Å²) in [6.45, 7) is 5.20. The maximum Gasteiger partial charge on any atom is 0.374 e. The number of ether oxygens (including phenoxy) is 1. The summed E-state index contributed by atoms with van der Waals surface area (Å²) in [6.07, 6.45) is 1.11. The number of hydrogen-bond acceptors (Lipinski definition) is 4. The average molecular weight is 266 g/mol. The highest BCUT2D eigenvalue weighted by Gasteiger charge is 2.37. The molecule has 98 valence electrons. The van der Waals surface area contributed by atoms with E-state index in [1.165, 1.54) is 0 Å². The smallest absolute Gasteiger partial charge is 0.374 e. The van der Waals surface area contributed by atoms with Crippen molar-refractivity contribution in [2.24, 2.45) is 0 Å². The molecule has 1 rings (SSSR count). The van der Waals surface area contributed by atoms with Crippen molar-refractivity contribution >= 4 is 19.7 Å². The van der Waals surface area contributed by atoms with Gasteiger partial charge in [0.1, 0.15) is 0 Å². The summed E-state index contributed by atoms with van der Waals surface area (Å²) in [6, 6.07) is 10.5. The van der Waals surface area contributed by atoms with Crippen molar-refractivity contribution in [2.75, 3.05) is 13.9 Å². The molecule has 5 heteroatoms. The van der Waals surface area contributed by atoms with Crippen molar-refractivity contribution in [3.63, 3.8) is 0 Å². The zero-order valence-electron chi connectivity index (χ0n) is 10.7. The SMILES string of the molecule is C=CC(=O)OCO[Si](CC)(OC)c1ccccc1. The topological polar surface area (TPSA) is 44.8 Å². The number of rotatable bonds is 7. The zero-order valence-corrected chi connectivity index (χ0v) is 11.7. The molecule has 0 heterocycles. The van der Waals surface area contributed by atoms with Gasteiger partial charge in [-0.3, -0.25) is 0 Å². The maximum absolute atomic E-state index is 11.0. The molecule has 0 aliphatic rings. The van der Waals surface area contributed by atoms with E-state index in [4.69, 9.17) is 13.6 Å². The molecule has 0 radical (unpaired) electrons. The minimum Gasteiger partial charge on any atom is -0.436 e. The fraction of sp³-hybridized carbons (Fsp3) is 0.308. The van der Waals surface area contributed by atoms with E-state index in [9.17, 15) is 4.79 Å². The first kappa shape index (κ1) is 14.6. The second kappa shape index (κ2) is 7.10. The molecular weight excluding hydrogens is 248 g/mol. The molecule has 18 heavy (non-hydrogen) atoms.